The molecule has 2 rings (SSSR count). The van der Waals surface area contributed by atoms with E-state index >= 15 is 0 Å². The molecule has 2 N–H and O–H groups in total. The van der Waals surface area contributed by atoms with Gasteiger partial charge in [-0.2, -0.15) is 0 Å². The quantitative estimate of drug-likeness (QED) is 0.729. The minimum Gasteiger partial charge on any atom is -0.495 e. The van der Waals surface area contributed by atoms with Crippen LogP contribution in [0, 0.1) is 0 Å². The number of hydrogen-bond donors (Lipinski definition) is 2. The van der Waals surface area contributed by atoms with Crippen molar-refractivity contribution >= 4 is 28.4 Å². The molecule has 9 heteroatoms. The van der Waals surface area contributed by atoms with Gasteiger partial charge in [-0.3, -0.25) is 0 Å². The highest BCUT2D eigenvalue weighted by atomic mass is 35.5. The number of sulfonamides is 1. The van der Waals surface area contributed by atoms with Crippen molar-refractivity contribution in [2.24, 2.45) is 0 Å². The molecule has 1 aliphatic rings. The van der Waals surface area contributed by atoms with E-state index in [0.29, 0.717) is 6.54 Å². The minimum absolute atomic E-state index is 0. The lowest BCUT2D eigenvalue weighted by atomic mass is 10.2. The molecule has 0 aliphatic carbocycles. The summed E-state index contributed by atoms with van der Waals surface area (Å²) < 4.78 is 37.0. The van der Waals surface area contributed by atoms with Gasteiger partial charge in [0.05, 0.1) is 19.8 Å². The van der Waals surface area contributed by atoms with E-state index in [0.717, 1.165) is 19.4 Å². The van der Waals surface area contributed by atoms with Crippen molar-refractivity contribution < 1.29 is 22.7 Å². The zero-order valence-electron chi connectivity index (χ0n) is 13.0. The Hall–Kier alpha value is -1.35. The van der Waals surface area contributed by atoms with E-state index in [1.807, 2.05) is 0 Å². The molecule has 0 spiro atoms. The van der Waals surface area contributed by atoms with Crippen LogP contribution in [0.15, 0.2) is 23.1 Å². The van der Waals surface area contributed by atoms with E-state index in [1.54, 1.807) is 0 Å². The number of ether oxygens (including phenoxy) is 2. The summed E-state index contributed by atoms with van der Waals surface area (Å²) in [5, 5.41) is 3.22. The smallest absolute Gasteiger partial charge is 0.337 e. The Balaban J connectivity index is 0.00000264. The minimum atomic E-state index is -3.71. The number of carbonyl (C=O) groups is 1. The van der Waals surface area contributed by atoms with Crippen LogP contribution < -0.4 is 14.8 Å². The standard InChI is InChI=1S/C14H20N2O5S.ClH/c1-20-12-8-10(14(17)21-2)5-6-13(12)22(18,19)16-9-11-4-3-7-15-11;/h5-6,8,11,15-16H,3-4,7,9H2,1-2H3;1H. The monoisotopic (exact) mass is 364 g/mol. The molecule has 1 heterocycles. The second-order valence-corrected chi connectivity index (χ2v) is 6.74. The van der Waals surface area contributed by atoms with Crippen molar-refractivity contribution in [1.82, 2.24) is 10.0 Å². The number of esters is 1. The highest BCUT2D eigenvalue weighted by molar-refractivity contribution is 7.89. The topological polar surface area (TPSA) is 93.7 Å². The molecule has 1 fully saturated rings. The first kappa shape index (κ1) is 19.7. The molecule has 1 aromatic rings. The summed E-state index contributed by atoms with van der Waals surface area (Å²) in [5.41, 5.74) is 0.232. The van der Waals surface area contributed by atoms with Crippen LogP contribution in [-0.2, 0) is 14.8 Å². The fourth-order valence-corrected chi connectivity index (χ4v) is 3.58. The third kappa shape index (κ3) is 4.81. The molecule has 0 bridgehead atoms. The maximum Gasteiger partial charge on any atom is 0.337 e. The van der Waals surface area contributed by atoms with E-state index < -0.39 is 16.0 Å². The third-order valence-corrected chi connectivity index (χ3v) is 5.02. The summed E-state index contributed by atoms with van der Waals surface area (Å²) in [6.07, 6.45) is 1.99. The fraction of sp³-hybridized carbons (Fsp3) is 0.500. The Morgan fingerprint density at radius 2 is 2.13 bits per heavy atom. The van der Waals surface area contributed by atoms with Crippen LogP contribution in [-0.4, -0.2) is 47.7 Å². The van der Waals surface area contributed by atoms with Gasteiger partial charge in [0.2, 0.25) is 10.0 Å². The first-order chi connectivity index (χ1) is 10.5. The molecular weight excluding hydrogens is 344 g/mol. The average Bonchev–Trinajstić information content (AvgIpc) is 3.05. The van der Waals surface area contributed by atoms with Gasteiger partial charge in [-0.05, 0) is 37.6 Å². The van der Waals surface area contributed by atoms with E-state index in [9.17, 15) is 13.2 Å². The number of hydrogen-bond acceptors (Lipinski definition) is 6. The van der Waals surface area contributed by atoms with Crippen molar-refractivity contribution in [2.45, 2.75) is 23.8 Å². The third-order valence-electron chi connectivity index (χ3n) is 3.56. The summed E-state index contributed by atoms with van der Waals surface area (Å²) in [6, 6.07) is 4.25. The lowest BCUT2D eigenvalue weighted by molar-refractivity contribution is 0.0600. The lowest BCUT2D eigenvalue weighted by Gasteiger charge is -2.14. The van der Waals surface area contributed by atoms with Gasteiger partial charge in [0.25, 0.3) is 0 Å². The van der Waals surface area contributed by atoms with Crippen molar-refractivity contribution in [3.8, 4) is 5.75 Å². The molecule has 130 valence electrons. The number of nitrogens with one attached hydrogen (secondary N) is 2. The number of rotatable bonds is 6. The first-order valence-electron chi connectivity index (χ1n) is 6.97. The largest absolute Gasteiger partial charge is 0.495 e. The number of benzene rings is 1. The van der Waals surface area contributed by atoms with Gasteiger partial charge in [0.15, 0.2) is 0 Å². The lowest BCUT2D eigenvalue weighted by Crippen LogP contribution is -2.37. The second kappa shape index (κ2) is 8.49. The van der Waals surface area contributed by atoms with Crippen LogP contribution in [0.25, 0.3) is 0 Å². The van der Waals surface area contributed by atoms with Crippen molar-refractivity contribution in [2.75, 3.05) is 27.3 Å². The zero-order valence-corrected chi connectivity index (χ0v) is 14.6. The van der Waals surface area contributed by atoms with Crippen molar-refractivity contribution in [3.05, 3.63) is 23.8 Å². The second-order valence-electron chi connectivity index (χ2n) is 5.00. The Labute approximate surface area is 142 Å². The highest BCUT2D eigenvalue weighted by Crippen LogP contribution is 2.25. The average molecular weight is 365 g/mol. The van der Waals surface area contributed by atoms with Crippen molar-refractivity contribution in [3.63, 3.8) is 0 Å². The van der Waals surface area contributed by atoms with Gasteiger partial charge in [0.1, 0.15) is 10.6 Å². The van der Waals surface area contributed by atoms with E-state index in [-0.39, 0.29) is 34.7 Å². The van der Waals surface area contributed by atoms with Gasteiger partial charge in [-0.1, -0.05) is 0 Å². The van der Waals surface area contributed by atoms with Gasteiger partial charge >= 0.3 is 5.97 Å². The van der Waals surface area contributed by atoms with E-state index in [4.69, 9.17) is 4.74 Å². The summed E-state index contributed by atoms with van der Waals surface area (Å²) in [7, 11) is -1.09. The molecule has 0 radical (unpaired) electrons. The molecule has 1 atom stereocenters. The Morgan fingerprint density at radius 1 is 1.39 bits per heavy atom. The summed E-state index contributed by atoms with van der Waals surface area (Å²) in [6.45, 7) is 1.23. The summed E-state index contributed by atoms with van der Waals surface area (Å²) in [4.78, 5) is 11.5. The van der Waals surface area contributed by atoms with Crippen LogP contribution >= 0.6 is 12.4 Å². The Kier molecular flexibility index (Phi) is 7.27. The molecule has 23 heavy (non-hydrogen) atoms. The summed E-state index contributed by atoms with van der Waals surface area (Å²) >= 11 is 0. The molecule has 0 aromatic heterocycles. The fourth-order valence-electron chi connectivity index (χ4n) is 2.35. The Morgan fingerprint density at radius 3 is 2.70 bits per heavy atom. The van der Waals surface area contributed by atoms with Crippen LogP contribution in [0.4, 0.5) is 0 Å². The molecule has 1 unspecified atom stereocenters. The number of halogens is 1. The number of carbonyl (C=O) groups excluding carboxylic acids is 1. The van der Waals surface area contributed by atoms with E-state index in [2.05, 4.69) is 14.8 Å². The van der Waals surface area contributed by atoms with Crippen molar-refractivity contribution in [1.29, 1.82) is 0 Å². The molecule has 0 amide bonds. The maximum absolute atomic E-state index is 12.4. The van der Waals surface area contributed by atoms with Gasteiger partial charge in [0, 0.05) is 12.6 Å². The van der Waals surface area contributed by atoms with Crippen LogP contribution in [0.3, 0.4) is 0 Å². The number of methoxy groups -OCH3 is 2. The van der Waals surface area contributed by atoms with Crippen LogP contribution in [0.2, 0.25) is 0 Å². The maximum atomic E-state index is 12.4. The normalized spacial score (nSPS) is 17.4. The van der Waals surface area contributed by atoms with Gasteiger partial charge < -0.3 is 14.8 Å². The molecular formula is C14H21ClN2O5S. The Bertz CT molecular complexity index is 645. The molecule has 1 saturated heterocycles. The molecule has 0 saturated carbocycles. The molecule has 1 aliphatic heterocycles. The van der Waals surface area contributed by atoms with Crippen LogP contribution in [0.5, 0.6) is 5.75 Å². The summed E-state index contributed by atoms with van der Waals surface area (Å²) in [5.74, 6) is -0.444. The van der Waals surface area contributed by atoms with Gasteiger partial charge in [-0.25, -0.2) is 17.9 Å². The van der Waals surface area contributed by atoms with Crippen LogP contribution in [0.1, 0.15) is 23.2 Å². The van der Waals surface area contributed by atoms with Gasteiger partial charge in [-0.15, -0.1) is 12.4 Å². The predicted molar refractivity (Wildman–Crippen MR) is 87.8 cm³/mol. The highest BCUT2D eigenvalue weighted by Gasteiger charge is 2.23. The SMILES string of the molecule is COC(=O)c1ccc(S(=O)(=O)NCC2CCCN2)c(OC)c1.Cl. The molecule has 1 aromatic carbocycles. The first-order valence-corrected chi connectivity index (χ1v) is 8.45. The zero-order chi connectivity index (χ0) is 16.2. The van der Waals surface area contributed by atoms with E-state index in [1.165, 1.54) is 32.4 Å². The molecule has 7 nitrogen and oxygen atoms in total. The predicted octanol–water partition coefficient (Wildman–Crippen LogP) is 0.934.